The molecule has 0 fully saturated rings. The first-order valence-corrected chi connectivity index (χ1v) is 8.36. The van der Waals surface area contributed by atoms with Gasteiger partial charge in [0, 0.05) is 32.5 Å². The van der Waals surface area contributed by atoms with Gasteiger partial charge in [0.05, 0.1) is 18.4 Å². The molecule has 2 aromatic heterocycles. The van der Waals surface area contributed by atoms with Crippen molar-refractivity contribution in [1.82, 2.24) is 30.4 Å². The van der Waals surface area contributed by atoms with Gasteiger partial charge in [0.15, 0.2) is 5.96 Å². The maximum Gasteiger partial charge on any atom is 0.191 e. The van der Waals surface area contributed by atoms with Crippen molar-refractivity contribution in [2.45, 2.75) is 19.5 Å². The van der Waals surface area contributed by atoms with Crippen LogP contribution in [0.25, 0.3) is 11.3 Å². The number of aryl methyl sites for hydroxylation is 1. The molecular formula is C18H23N7. The number of nitrogens with zero attached hydrogens (tertiary/aromatic N) is 4. The molecule has 7 nitrogen and oxygen atoms in total. The van der Waals surface area contributed by atoms with Crippen molar-refractivity contribution in [3.05, 3.63) is 60.8 Å². The Morgan fingerprint density at radius 2 is 2.08 bits per heavy atom. The maximum atomic E-state index is 4.42. The summed E-state index contributed by atoms with van der Waals surface area (Å²) in [5, 5.41) is 10.8. The van der Waals surface area contributed by atoms with Gasteiger partial charge in [-0.2, -0.15) is 5.10 Å². The lowest BCUT2D eigenvalue weighted by atomic mass is 10.2. The van der Waals surface area contributed by atoms with Crippen molar-refractivity contribution in [2.24, 2.45) is 4.99 Å². The fourth-order valence-corrected chi connectivity index (χ4v) is 2.49. The molecule has 3 aromatic rings. The van der Waals surface area contributed by atoms with Crippen molar-refractivity contribution < 1.29 is 0 Å². The van der Waals surface area contributed by atoms with E-state index in [1.165, 1.54) is 0 Å². The number of benzene rings is 1. The Balaban J connectivity index is 1.43. The number of aliphatic imine (C=N–C) groups is 1. The quantitative estimate of drug-likeness (QED) is 0.350. The van der Waals surface area contributed by atoms with Crippen LogP contribution in [0.5, 0.6) is 0 Å². The number of nitrogens with one attached hydrogen (secondary N) is 3. The molecule has 0 spiro atoms. The van der Waals surface area contributed by atoms with E-state index in [4.69, 9.17) is 0 Å². The van der Waals surface area contributed by atoms with Crippen molar-refractivity contribution in [2.75, 3.05) is 13.6 Å². The van der Waals surface area contributed by atoms with Crippen LogP contribution in [0.3, 0.4) is 0 Å². The molecule has 0 amide bonds. The molecule has 0 saturated carbocycles. The third kappa shape index (κ3) is 4.94. The van der Waals surface area contributed by atoms with Gasteiger partial charge in [-0.25, -0.2) is 4.98 Å². The Morgan fingerprint density at radius 3 is 2.84 bits per heavy atom. The van der Waals surface area contributed by atoms with Crippen LogP contribution in [0, 0.1) is 0 Å². The summed E-state index contributed by atoms with van der Waals surface area (Å²) < 4.78 is 1.92. The fourth-order valence-electron chi connectivity index (χ4n) is 2.49. The number of imidazole rings is 1. The van der Waals surface area contributed by atoms with Crippen LogP contribution in [0.15, 0.2) is 60.0 Å². The number of guanidine groups is 1. The smallest absolute Gasteiger partial charge is 0.191 e. The van der Waals surface area contributed by atoms with Crippen LogP contribution in [-0.2, 0) is 13.1 Å². The zero-order valence-corrected chi connectivity index (χ0v) is 14.3. The van der Waals surface area contributed by atoms with Gasteiger partial charge in [0.25, 0.3) is 0 Å². The Kier molecular flexibility index (Phi) is 5.82. The molecule has 2 heterocycles. The second kappa shape index (κ2) is 8.68. The molecule has 0 unspecified atom stereocenters. The zero-order chi connectivity index (χ0) is 17.3. The summed E-state index contributed by atoms with van der Waals surface area (Å²) in [4.78, 5) is 12.0. The number of H-pyrrole nitrogens is 1. The van der Waals surface area contributed by atoms with Crippen molar-refractivity contribution >= 4 is 5.96 Å². The number of aromatic nitrogens is 4. The SMILES string of the molecule is CN=C(NCCCn1cccn1)NCc1ncc(-c2ccccc2)[nH]1. The number of hydrogen-bond acceptors (Lipinski definition) is 3. The topological polar surface area (TPSA) is 82.9 Å². The van der Waals surface area contributed by atoms with Crippen molar-refractivity contribution in [1.29, 1.82) is 0 Å². The van der Waals surface area contributed by atoms with Crippen molar-refractivity contribution in [3.8, 4) is 11.3 Å². The van der Waals surface area contributed by atoms with Gasteiger partial charge in [0.2, 0.25) is 0 Å². The largest absolute Gasteiger partial charge is 0.356 e. The predicted molar refractivity (Wildman–Crippen MR) is 99.1 cm³/mol. The Hall–Kier alpha value is -3.09. The van der Waals surface area contributed by atoms with Crippen LogP contribution in [-0.4, -0.2) is 39.3 Å². The van der Waals surface area contributed by atoms with E-state index in [1.807, 2.05) is 41.3 Å². The average molecular weight is 337 g/mol. The summed E-state index contributed by atoms with van der Waals surface area (Å²) in [6.45, 7) is 2.30. The second-order valence-corrected chi connectivity index (χ2v) is 5.58. The van der Waals surface area contributed by atoms with E-state index >= 15 is 0 Å². The third-order valence-corrected chi connectivity index (χ3v) is 3.78. The first kappa shape index (κ1) is 16.8. The first-order chi connectivity index (χ1) is 12.3. The molecule has 25 heavy (non-hydrogen) atoms. The van der Waals surface area contributed by atoms with E-state index in [9.17, 15) is 0 Å². The summed E-state index contributed by atoms with van der Waals surface area (Å²) in [5.74, 6) is 1.64. The van der Waals surface area contributed by atoms with E-state index < -0.39 is 0 Å². The summed E-state index contributed by atoms with van der Waals surface area (Å²) in [6.07, 6.45) is 6.59. The van der Waals surface area contributed by atoms with E-state index in [1.54, 1.807) is 13.2 Å². The van der Waals surface area contributed by atoms with Gasteiger partial charge < -0.3 is 15.6 Å². The van der Waals surface area contributed by atoms with Crippen molar-refractivity contribution in [3.63, 3.8) is 0 Å². The highest BCUT2D eigenvalue weighted by Crippen LogP contribution is 2.15. The standard InChI is InChI=1S/C18H23N7/c1-19-18(20-9-5-11-25-12-6-10-23-25)22-14-17-21-13-16(24-17)15-7-3-2-4-8-15/h2-4,6-8,10,12-13H,5,9,11,14H2,1H3,(H,21,24)(H2,19,20,22). The fraction of sp³-hybridized carbons (Fsp3) is 0.278. The first-order valence-electron chi connectivity index (χ1n) is 8.36. The lowest BCUT2D eigenvalue weighted by molar-refractivity contribution is 0.570. The molecule has 0 saturated heterocycles. The van der Waals surface area contributed by atoms with E-state index in [0.29, 0.717) is 6.54 Å². The highest BCUT2D eigenvalue weighted by molar-refractivity contribution is 5.79. The Labute approximate surface area is 147 Å². The summed E-state index contributed by atoms with van der Waals surface area (Å²) in [5.41, 5.74) is 2.14. The highest BCUT2D eigenvalue weighted by atomic mass is 15.3. The molecule has 3 N–H and O–H groups in total. The number of hydrogen-bond donors (Lipinski definition) is 3. The lowest BCUT2D eigenvalue weighted by Gasteiger charge is -2.11. The molecular weight excluding hydrogens is 314 g/mol. The second-order valence-electron chi connectivity index (χ2n) is 5.58. The van der Waals surface area contributed by atoms with Gasteiger partial charge in [-0.05, 0) is 18.1 Å². The summed E-state index contributed by atoms with van der Waals surface area (Å²) in [6, 6.07) is 12.1. The van der Waals surface area contributed by atoms with E-state index in [0.717, 1.165) is 42.6 Å². The Bertz CT molecular complexity index is 775. The van der Waals surface area contributed by atoms with E-state index in [2.05, 4.69) is 42.8 Å². The highest BCUT2D eigenvalue weighted by Gasteiger charge is 2.04. The molecule has 0 atom stereocenters. The van der Waals surface area contributed by atoms with Crippen LogP contribution in [0.4, 0.5) is 0 Å². The molecule has 1 aromatic carbocycles. The van der Waals surface area contributed by atoms with Gasteiger partial charge in [-0.3, -0.25) is 9.67 Å². The van der Waals surface area contributed by atoms with Gasteiger partial charge in [0.1, 0.15) is 5.82 Å². The minimum atomic E-state index is 0.589. The molecule has 3 rings (SSSR count). The Morgan fingerprint density at radius 1 is 1.20 bits per heavy atom. The predicted octanol–water partition coefficient (Wildman–Crippen LogP) is 2.03. The minimum Gasteiger partial charge on any atom is -0.356 e. The summed E-state index contributed by atoms with van der Waals surface area (Å²) in [7, 11) is 1.76. The van der Waals surface area contributed by atoms with Gasteiger partial charge >= 0.3 is 0 Å². The maximum absolute atomic E-state index is 4.42. The molecule has 0 aliphatic heterocycles. The van der Waals surface area contributed by atoms with Gasteiger partial charge in [-0.15, -0.1) is 0 Å². The normalized spacial score (nSPS) is 11.5. The lowest BCUT2D eigenvalue weighted by Crippen LogP contribution is -2.37. The molecule has 7 heteroatoms. The van der Waals surface area contributed by atoms with Gasteiger partial charge in [-0.1, -0.05) is 30.3 Å². The minimum absolute atomic E-state index is 0.589. The third-order valence-electron chi connectivity index (χ3n) is 3.78. The average Bonchev–Trinajstić information content (AvgIpc) is 3.34. The number of aromatic amines is 1. The monoisotopic (exact) mass is 337 g/mol. The number of rotatable bonds is 7. The molecule has 0 aliphatic carbocycles. The molecule has 0 radical (unpaired) electrons. The summed E-state index contributed by atoms with van der Waals surface area (Å²) >= 11 is 0. The molecule has 0 aliphatic rings. The van der Waals surface area contributed by atoms with Crippen LogP contribution in [0.1, 0.15) is 12.2 Å². The van der Waals surface area contributed by atoms with E-state index in [-0.39, 0.29) is 0 Å². The molecule has 0 bridgehead atoms. The zero-order valence-electron chi connectivity index (χ0n) is 14.3. The van der Waals surface area contributed by atoms with Crippen LogP contribution >= 0.6 is 0 Å². The van der Waals surface area contributed by atoms with Crippen LogP contribution < -0.4 is 10.6 Å². The van der Waals surface area contributed by atoms with Crippen LogP contribution in [0.2, 0.25) is 0 Å². The molecule has 130 valence electrons.